The zero-order valence-corrected chi connectivity index (χ0v) is 13.1. The molecule has 0 spiro atoms. The molecular weight excluding hydrogens is 320 g/mol. The molecule has 0 aromatic heterocycles. The summed E-state index contributed by atoms with van der Waals surface area (Å²) in [6.07, 6.45) is -0.583. The maximum atomic E-state index is 9.80. The van der Waals surface area contributed by atoms with Gasteiger partial charge in [-0.3, -0.25) is 0 Å². The van der Waals surface area contributed by atoms with Gasteiger partial charge in [-0.25, -0.2) is 0 Å². The van der Waals surface area contributed by atoms with E-state index in [2.05, 4.69) is 15.9 Å². The third kappa shape index (κ3) is 3.82. The zero-order chi connectivity index (χ0) is 14.5. The van der Waals surface area contributed by atoms with Crippen molar-refractivity contribution in [2.75, 3.05) is 7.11 Å². The van der Waals surface area contributed by atoms with Crippen LogP contribution in [0.25, 0.3) is 0 Å². The van der Waals surface area contributed by atoms with Gasteiger partial charge in [-0.15, -0.1) is 0 Å². The van der Waals surface area contributed by atoms with Crippen LogP contribution in [0.3, 0.4) is 0 Å². The molecule has 1 unspecified atom stereocenters. The van der Waals surface area contributed by atoms with Crippen molar-refractivity contribution in [3.8, 4) is 11.5 Å². The Labute approximate surface area is 127 Å². The Morgan fingerprint density at radius 3 is 2.70 bits per heavy atom. The molecule has 0 radical (unpaired) electrons. The average Bonchev–Trinajstić information content (AvgIpc) is 2.39. The first-order valence-electron chi connectivity index (χ1n) is 6.33. The lowest BCUT2D eigenvalue weighted by Gasteiger charge is -2.14. The van der Waals surface area contributed by atoms with Crippen LogP contribution in [0.15, 0.2) is 46.9 Å². The van der Waals surface area contributed by atoms with Gasteiger partial charge >= 0.3 is 0 Å². The van der Waals surface area contributed by atoms with E-state index in [-0.39, 0.29) is 0 Å². The molecule has 0 heterocycles. The van der Waals surface area contributed by atoms with Crippen molar-refractivity contribution >= 4 is 15.9 Å². The fraction of sp³-hybridized carbons (Fsp3) is 0.250. The van der Waals surface area contributed by atoms with E-state index < -0.39 is 6.10 Å². The highest BCUT2D eigenvalue weighted by Gasteiger charge is 2.11. The zero-order valence-electron chi connectivity index (χ0n) is 11.5. The van der Waals surface area contributed by atoms with E-state index in [1.807, 2.05) is 42.5 Å². The largest absolute Gasteiger partial charge is 0.457 e. The average molecular weight is 337 g/mol. The molecule has 0 fully saturated rings. The van der Waals surface area contributed by atoms with Crippen molar-refractivity contribution in [3.05, 3.63) is 58.1 Å². The molecule has 20 heavy (non-hydrogen) atoms. The van der Waals surface area contributed by atoms with Crippen molar-refractivity contribution in [1.82, 2.24) is 0 Å². The van der Waals surface area contributed by atoms with Crippen LogP contribution in [-0.2, 0) is 11.3 Å². The number of aliphatic hydroxyl groups is 1. The van der Waals surface area contributed by atoms with Crippen molar-refractivity contribution in [2.24, 2.45) is 0 Å². The lowest BCUT2D eigenvalue weighted by molar-refractivity contribution is 0.184. The van der Waals surface area contributed by atoms with Crippen LogP contribution in [0, 0.1) is 0 Å². The molecule has 0 aliphatic heterocycles. The number of halogens is 1. The summed E-state index contributed by atoms with van der Waals surface area (Å²) in [7, 11) is 1.66. The second-order valence-corrected chi connectivity index (χ2v) is 5.46. The van der Waals surface area contributed by atoms with E-state index in [4.69, 9.17) is 9.47 Å². The normalized spacial score (nSPS) is 12.2. The molecule has 2 aromatic rings. The predicted octanol–water partition coefficient (Wildman–Crippen LogP) is 4.44. The van der Waals surface area contributed by atoms with Gasteiger partial charge < -0.3 is 14.6 Å². The molecule has 0 amide bonds. The topological polar surface area (TPSA) is 38.7 Å². The molecule has 106 valence electrons. The van der Waals surface area contributed by atoms with E-state index in [9.17, 15) is 5.11 Å². The Balaban J connectivity index is 2.29. The van der Waals surface area contributed by atoms with E-state index in [0.29, 0.717) is 12.4 Å². The fourth-order valence-corrected chi connectivity index (χ4v) is 2.27. The molecule has 0 saturated carbocycles. The Morgan fingerprint density at radius 1 is 1.20 bits per heavy atom. The number of benzene rings is 2. The first-order valence-corrected chi connectivity index (χ1v) is 7.12. The van der Waals surface area contributed by atoms with Crippen LogP contribution in [0.5, 0.6) is 11.5 Å². The molecule has 4 heteroatoms. The highest BCUT2D eigenvalue weighted by atomic mass is 79.9. The number of hydrogen-bond donors (Lipinski definition) is 1. The molecule has 1 N–H and O–H groups in total. The van der Waals surface area contributed by atoms with Gasteiger partial charge in [0.25, 0.3) is 0 Å². The Bertz CT molecular complexity index is 582. The SMILES string of the molecule is COCc1cccc(Oc2cc(Br)ccc2C(C)O)c1. The van der Waals surface area contributed by atoms with Gasteiger partial charge in [-0.05, 0) is 36.8 Å². The van der Waals surface area contributed by atoms with Gasteiger partial charge in [0.1, 0.15) is 11.5 Å². The smallest absolute Gasteiger partial charge is 0.134 e. The maximum Gasteiger partial charge on any atom is 0.134 e. The lowest BCUT2D eigenvalue weighted by Crippen LogP contribution is -1.96. The second-order valence-electron chi connectivity index (χ2n) is 4.54. The van der Waals surface area contributed by atoms with E-state index in [0.717, 1.165) is 21.3 Å². The first-order chi connectivity index (χ1) is 9.60. The van der Waals surface area contributed by atoms with E-state index in [1.165, 1.54) is 0 Å². The molecule has 0 aliphatic carbocycles. The number of aliphatic hydroxyl groups excluding tert-OH is 1. The number of methoxy groups -OCH3 is 1. The van der Waals surface area contributed by atoms with Crippen molar-refractivity contribution in [3.63, 3.8) is 0 Å². The minimum Gasteiger partial charge on any atom is -0.457 e. The van der Waals surface area contributed by atoms with Gasteiger partial charge in [0.15, 0.2) is 0 Å². The van der Waals surface area contributed by atoms with Crippen LogP contribution < -0.4 is 4.74 Å². The summed E-state index contributed by atoms with van der Waals surface area (Å²) in [6.45, 7) is 2.26. The highest BCUT2D eigenvalue weighted by molar-refractivity contribution is 9.10. The Morgan fingerprint density at radius 2 is 2.00 bits per heavy atom. The third-order valence-electron chi connectivity index (χ3n) is 2.86. The van der Waals surface area contributed by atoms with Gasteiger partial charge in [-0.1, -0.05) is 34.1 Å². The Hall–Kier alpha value is -1.36. The van der Waals surface area contributed by atoms with Gasteiger partial charge in [0.2, 0.25) is 0 Å². The number of rotatable bonds is 5. The monoisotopic (exact) mass is 336 g/mol. The molecule has 2 rings (SSSR count). The summed E-state index contributed by atoms with van der Waals surface area (Å²) >= 11 is 3.42. The van der Waals surface area contributed by atoms with Gasteiger partial charge in [-0.2, -0.15) is 0 Å². The molecule has 3 nitrogen and oxygen atoms in total. The molecule has 0 saturated heterocycles. The van der Waals surface area contributed by atoms with Gasteiger partial charge in [0, 0.05) is 17.1 Å². The van der Waals surface area contributed by atoms with Crippen molar-refractivity contribution < 1.29 is 14.6 Å². The summed E-state index contributed by atoms with van der Waals surface area (Å²) < 4.78 is 11.9. The summed E-state index contributed by atoms with van der Waals surface area (Å²) in [6, 6.07) is 13.3. The first kappa shape index (κ1) is 15.0. The van der Waals surface area contributed by atoms with E-state index in [1.54, 1.807) is 14.0 Å². The Kier molecular flexibility index (Phi) is 5.17. The summed E-state index contributed by atoms with van der Waals surface area (Å²) in [5, 5.41) is 9.80. The molecule has 0 bridgehead atoms. The predicted molar refractivity (Wildman–Crippen MR) is 82.0 cm³/mol. The molecule has 2 aromatic carbocycles. The fourth-order valence-electron chi connectivity index (χ4n) is 1.93. The maximum absolute atomic E-state index is 9.80. The minimum atomic E-state index is -0.583. The summed E-state index contributed by atoms with van der Waals surface area (Å²) in [5.74, 6) is 1.36. The third-order valence-corrected chi connectivity index (χ3v) is 3.36. The van der Waals surface area contributed by atoms with Crippen molar-refractivity contribution in [1.29, 1.82) is 0 Å². The van der Waals surface area contributed by atoms with E-state index >= 15 is 0 Å². The quantitative estimate of drug-likeness (QED) is 0.877. The molecule has 1 atom stereocenters. The lowest BCUT2D eigenvalue weighted by atomic mass is 10.1. The number of hydrogen-bond acceptors (Lipinski definition) is 3. The number of ether oxygens (including phenoxy) is 2. The summed E-state index contributed by atoms with van der Waals surface area (Å²) in [5.41, 5.74) is 1.80. The summed E-state index contributed by atoms with van der Waals surface area (Å²) in [4.78, 5) is 0. The highest BCUT2D eigenvalue weighted by Crippen LogP contribution is 2.32. The van der Waals surface area contributed by atoms with Crippen LogP contribution in [0.1, 0.15) is 24.2 Å². The molecular formula is C16H17BrO3. The van der Waals surface area contributed by atoms with Crippen LogP contribution in [0.2, 0.25) is 0 Å². The van der Waals surface area contributed by atoms with Crippen LogP contribution >= 0.6 is 15.9 Å². The standard InChI is InChI=1S/C16H17BrO3/c1-11(18)15-7-6-13(17)9-16(15)20-14-5-3-4-12(8-14)10-19-2/h3-9,11,18H,10H2,1-2H3. The van der Waals surface area contributed by atoms with Gasteiger partial charge in [0.05, 0.1) is 12.7 Å². The van der Waals surface area contributed by atoms with Crippen molar-refractivity contribution in [2.45, 2.75) is 19.6 Å². The second kappa shape index (κ2) is 6.88. The minimum absolute atomic E-state index is 0.541. The van der Waals surface area contributed by atoms with Crippen LogP contribution in [0.4, 0.5) is 0 Å². The van der Waals surface area contributed by atoms with Crippen LogP contribution in [-0.4, -0.2) is 12.2 Å². The molecule has 0 aliphatic rings.